The van der Waals surface area contributed by atoms with Crippen molar-refractivity contribution in [2.75, 3.05) is 0 Å². The molecule has 4 rings (SSSR count). The van der Waals surface area contributed by atoms with Gasteiger partial charge >= 0.3 is 0 Å². The summed E-state index contributed by atoms with van der Waals surface area (Å²) >= 11 is 0. The van der Waals surface area contributed by atoms with Crippen molar-refractivity contribution in [1.29, 1.82) is 0 Å². The van der Waals surface area contributed by atoms with E-state index in [1.165, 1.54) is 42.5 Å². The van der Waals surface area contributed by atoms with Crippen molar-refractivity contribution >= 4 is 10.8 Å². The number of fused-ring (bicyclic) bond motifs is 1. The lowest BCUT2D eigenvalue weighted by Crippen LogP contribution is -1.96. The van der Waals surface area contributed by atoms with Crippen molar-refractivity contribution in [2.45, 2.75) is 32.6 Å². The highest BCUT2D eigenvalue weighted by Crippen LogP contribution is 2.29. The first kappa shape index (κ1) is 24.4. The third-order valence-electron chi connectivity index (χ3n) is 5.74. The molecule has 0 saturated carbocycles. The number of rotatable bonds is 5. The van der Waals surface area contributed by atoms with Gasteiger partial charge in [0.25, 0.3) is 0 Å². The fourth-order valence-electron chi connectivity index (χ4n) is 3.92. The summed E-state index contributed by atoms with van der Waals surface area (Å²) in [6, 6.07) is 11.1. The Hall–Kier alpha value is -3.72. The van der Waals surface area contributed by atoms with Crippen molar-refractivity contribution < 1.29 is 26.3 Å². The van der Waals surface area contributed by atoms with Crippen LogP contribution in [0, 0.1) is 46.7 Å². The number of unbranched alkanes of at least 4 members (excludes halogenated alkanes) is 2. The predicted octanol–water partition coefficient (Wildman–Crippen LogP) is 8.47. The number of hydrogen-bond acceptors (Lipinski definition) is 0. The normalized spacial score (nSPS) is 10.9. The number of halogens is 6. The van der Waals surface area contributed by atoms with Gasteiger partial charge in [0.15, 0.2) is 17.5 Å². The van der Waals surface area contributed by atoms with Crippen LogP contribution >= 0.6 is 0 Å². The van der Waals surface area contributed by atoms with Crippen LogP contribution in [0.5, 0.6) is 0 Å². The highest BCUT2D eigenvalue weighted by atomic mass is 19.2. The molecule has 0 aliphatic heterocycles. The van der Waals surface area contributed by atoms with Gasteiger partial charge in [-0.15, -0.1) is 0 Å². The summed E-state index contributed by atoms with van der Waals surface area (Å²) in [6.45, 7) is 2.04. The summed E-state index contributed by atoms with van der Waals surface area (Å²) in [7, 11) is 0. The first-order valence-corrected chi connectivity index (χ1v) is 11.2. The minimum absolute atomic E-state index is 0.0256. The van der Waals surface area contributed by atoms with E-state index in [2.05, 4.69) is 11.8 Å². The summed E-state index contributed by atoms with van der Waals surface area (Å²) in [5.74, 6) is -1.19. The molecule has 0 amide bonds. The Balaban J connectivity index is 1.61. The van der Waals surface area contributed by atoms with E-state index in [1.807, 2.05) is 6.92 Å². The molecule has 178 valence electrons. The van der Waals surface area contributed by atoms with Crippen LogP contribution in [-0.2, 0) is 6.42 Å². The smallest absolute Gasteiger partial charge is 0.195 e. The zero-order valence-electron chi connectivity index (χ0n) is 18.8. The van der Waals surface area contributed by atoms with E-state index < -0.39 is 34.9 Å². The van der Waals surface area contributed by atoms with Gasteiger partial charge in [-0.25, -0.2) is 26.3 Å². The minimum atomic E-state index is -1.56. The van der Waals surface area contributed by atoms with Gasteiger partial charge in [0.1, 0.15) is 17.5 Å². The Bertz CT molecular complexity index is 1450. The molecule has 0 aromatic heterocycles. The number of hydrogen-bond donors (Lipinski definition) is 0. The predicted molar refractivity (Wildman–Crippen MR) is 125 cm³/mol. The van der Waals surface area contributed by atoms with Crippen molar-refractivity contribution in [3.8, 4) is 23.0 Å². The Morgan fingerprint density at radius 3 is 2.09 bits per heavy atom. The number of aryl methyl sites for hydroxylation is 1. The van der Waals surface area contributed by atoms with Crippen molar-refractivity contribution in [3.63, 3.8) is 0 Å². The van der Waals surface area contributed by atoms with Gasteiger partial charge in [-0.1, -0.05) is 43.7 Å². The molecule has 4 aromatic rings. The van der Waals surface area contributed by atoms with Crippen LogP contribution < -0.4 is 0 Å². The molecule has 6 heteroatoms. The monoisotopic (exact) mass is 482 g/mol. The van der Waals surface area contributed by atoms with Crippen LogP contribution in [0.1, 0.15) is 42.9 Å². The fourth-order valence-corrected chi connectivity index (χ4v) is 3.92. The van der Waals surface area contributed by atoms with Crippen LogP contribution in [0.25, 0.3) is 21.9 Å². The van der Waals surface area contributed by atoms with Crippen molar-refractivity contribution in [2.24, 2.45) is 0 Å². The van der Waals surface area contributed by atoms with Gasteiger partial charge in [-0.2, -0.15) is 0 Å². The molecule has 0 aliphatic carbocycles. The second kappa shape index (κ2) is 10.3. The highest BCUT2D eigenvalue weighted by Gasteiger charge is 2.16. The first-order chi connectivity index (χ1) is 16.8. The molecule has 0 aliphatic rings. The summed E-state index contributed by atoms with van der Waals surface area (Å²) in [5, 5.41) is -0.00136. The van der Waals surface area contributed by atoms with Crippen LogP contribution in [0.15, 0.2) is 54.6 Å². The van der Waals surface area contributed by atoms with Gasteiger partial charge in [-0.3, -0.25) is 0 Å². The largest absolute Gasteiger partial charge is 0.206 e. The molecule has 4 aromatic carbocycles. The van der Waals surface area contributed by atoms with E-state index in [0.717, 1.165) is 31.4 Å². The summed E-state index contributed by atoms with van der Waals surface area (Å²) in [5.41, 5.74) is 0.581. The molecule has 0 saturated heterocycles. The van der Waals surface area contributed by atoms with E-state index in [0.29, 0.717) is 17.5 Å². The molecule has 0 radical (unpaired) electrons. The average molecular weight is 482 g/mol. The zero-order chi connectivity index (χ0) is 25.1. The van der Waals surface area contributed by atoms with E-state index in [4.69, 9.17) is 0 Å². The van der Waals surface area contributed by atoms with Crippen molar-refractivity contribution in [3.05, 3.63) is 106 Å². The van der Waals surface area contributed by atoms with Gasteiger partial charge < -0.3 is 0 Å². The maximum atomic E-state index is 14.7. The fraction of sp³-hybridized carbons (Fsp3) is 0.172. The quantitative estimate of drug-likeness (QED) is 0.116. The second-order valence-electron chi connectivity index (χ2n) is 8.26. The Kier molecular flexibility index (Phi) is 7.16. The Labute approximate surface area is 199 Å². The standard InChI is InChI=1S/C29H20F6/c1-2-3-4-5-18-13-24(31)27(25(32)14-18)20-10-9-19(23(30)15-20)8-6-17-7-11-22-21(12-17)16-26(33)29(35)28(22)34/h7,9-16H,2-5H2,1H3. The molecule has 0 unspecified atom stereocenters. The van der Waals surface area contributed by atoms with Crippen LogP contribution in [0.2, 0.25) is 0 Å². The van der Waals surface area contributed by atoms with Crippen molar-refractivity contribution in [1.82, 2.24) is 0 Å². The lowest BCUT2D eigenvalue weighted by Gasteiger charge is -2.09. The second-order valence-corrected chi connectivity index (χ2v) is 8.26. The average Bonchev–Trinajstić information content (AvgIpc) is 2.82. The SMILES string of the molecule is CCCCCc1cc(F)c(-c2ccc(C#Cc3ccc4c(F)c(F)c(F)cc4c3)c(F)c2)c(F)c1. The van der Waals surface area contributed by atoms with E-state index >= 15 is 0 Å². The molecule has 0 nitrogen and oxygen atoms in total. The summed E-state index contributed by atoms with van der Waals surface area (Å²) < 4.78 is 84.8. The molecule has 0 heterocycles. The lowest BCUT2D eigenvalue weighted by molar-refractivity contribution is 0.453. The summed E-state index contributed by atoms with van der Waals surface area (Å²) in [4.78, 5) is 0. The Morgan fingerprint density at radius 2 is 1.40 bits per heavy atom. The zero-order valence-corrected chi connectivity index (χ0v) is 18.8. The molecule has 0 fully saturated rings. The highest BCUT2D eigenvalue weighted by molar-refractivity contribution is 5.84. The first-order valence-electron chi connectivity index (χ1n) is 11.2. The topological polar surface area (TPSA) is 0 Å². The van der Waals surface area contributed by atoms with E-state index in [-0.39, 0.29) is 27.5 Å². The van der Waals surface area contributed by atoms with E-state index in [1.54, 1.807) is 0 Å². The molecule has 0 N–H and O–H groups in total. The molecular formula is C29H20F6. The third kappa shape index (κ3) is 5.19. The lowest BCUT2D eigenvalue weighted by atomic mass is 9.98. The van der Waals surface area contributed by atoms with Gasteiger partial charge in [-0.05, 0) is 71.8 Å². The van der Waals surface area contributed by atoms with Gasteiger partial charge in [0.05, 0.1) is 11.1 Å². The summed E-state index contributed by atoms with van der Waals surface area (Å²) in [6.07, 6.45) is 3.35. The molecule has 0 spiro atoms. The Morgan fingerprint density at radius 1 is 0.657 bits per heavy atom. The van der Waals surface area contributed by atoms with Gasteiger partial charge in [0, 0.05) is 10.9 Å². The number of benzene rings is 4. The maximum absolute atomic E-state index is 14.7. The molecule has 0 bridgehead atoms. The third-order valence-corrected chi connectivity index (χ3v) is 5.74. The molecule has 35 heavy (non-hydrogen) atoms. The maximum Gasteiger partial charge on any atom is 0.195 e. The molecular weight excluding hydrogens is 462 g/mol. The molecule has 0 atom stereocenters. The van der Waals surface area contributed by atoms with Gasteiger partial charge in [0.2, 0.25) is 0 Å². The van der Waals surface area contributed by atoms with Crippen LogP contribution in [0.3, 0.4) is 0 Å². The van der Waals surface area contributed by atoms with Crippen LogP contribution in [-0.4, -0.2) is 0 Å². The van der Waals surface area contributed by atoms with E-state index in [9.17, 15) is 26.3 Å². The minimum Gasteiger partial charge on any atom is -0.206 e. The van der Waals surface area contributed by atoms with Crippen LogP contribution in [0.4, 0.5) is 26.3 Å².